The lowest BCUT2D eigenvalue weighted by atomic mass is 9.81. The Morgan fingerprint density at radius 2 is 1.26 bits per heavy atom. The zero-order chi connectivity index (χ0) is 27.2. The molecule has 39 heavy (non-hydrogen) atoms. The summed E-state index contributed by atoms with van der Waals surface area (Å²) >= 11 is 0. The van der Waals surface area contributed by atoms with Gasteiger partial charge in [0.15, 0.2) is 0 Å². The molecular weight excluding hydrogens is 498 g/mol. The molecule has 0 fully saturated rings. The summed E-state index contributed by atoms with van der Waals surface area (Å²) in [7, 11) is -3.80. The second kappa shape index (κ2) is 9.55. The lowest BCUT2D eigenvalue weighted by molar-refractivity contribution is 0.584. The van der Waals surface area contributed by atoms with Crippen LogP contribution in [-0.4, -0.2) is 12.4 Å². The number of aromatic nitrogens is 1. The molecule has 194 valence electrons. The Balaban J connectivity index is 1.65. The fraction of sp³-hybridized carbons (Fsp3) is 0.143. The van der Waals surface area contributed by atoms with Crippen molar-refractivity contribution in [2.45, 2.75) is 37.0 Å². The van der Waals surface area contributed by atoms with Gasteiger partial charge >= 0.3 is 0 Å². The van der Waals surface area contributed by atoms with E-state index < -0.39 is 10.0 Å². The van der Waals surface area contributed by atoms with Crippen molar-refractivity contribution in [2.24, 2.45) is 0 Å². The van der Waals surface area contributed by atoms with Crippen molar-refractivity contribution in [1.29, 1.82) is 0 Å². The molecule has 4 heteroatoms. The third kappa shape index (κ3) is 4.45. The molecule has 0 bridgehead atoms. The van der Waals surface area contributed by atoms with Crippen LogP contribution in [0.3, 0.4) is 0 Å². The lowest BCUT2D eigenvalue weighted by Gasteiger charge is -2.25. The van der Waals surface area contributed by atoms with E-state index in [1.165, 1.54) is 14.9 Å². The minimum Gasteiger partial charge on any atom is -0.245 e. The van der Waals surface area contributed by atoms with E-state index in [0.717, 1.165) is 27.3 Å². The second-order valence-electron chi connectivity index (χ2n) is 11.1. The Bertz CT molecular complexity index is 1890. The predicted octanol–water partition coefficient (Wildman–Crippen LogP) is 8.51. The number of hydrogen-bond acceptors (Lipinski definition) is 2. The summed E-state index contributed by atoms with van der Waals surface area (Å²) in [5.74, 6) is -0.304. The van der Waals surface area contributed by atoms with E-state index in [4.69, 9.17) is 0 Å². The molecule has 0 amide bonds. The second-order valence-corrected chi connectivity index (χ2v) is 12.9. The van der Waals surface area contributed by atoms with Gasteiger partial charge in [-0.15, -0.1) is 0 Å². The topological polar surface area (TPSA) is 39.1 Å². The first kappa shape index (κ1) is 25.1. The molecule has 5 aromatic carbocycles. The van der Waals surface area contributed by atoms with Gasteiger partial charge in [0.05, 0.1) is 10.8 Å². The summed E-state index contributed by atoms with van der Waals surface area (Å²) in [6.45, 7) is 6.61. The molecule has 3 nitrogen and oxygen atoms in total. The first-order valence-electron chi connectivity index (χ1n) is 13.2. The summed E-state index contributed by atoms with van der Waals surface area (Å²) in [4.78, 5) is 0.271. The molecule has 1 unspecified atom stereocenters. The molecule has 0 radical (unpaired) electrons. The molecular formula is C35H31NO2S. The molecule has 0 spiro atoms. The molecule has 0 aliphatic rings. The van der Waals surface area contributed by atoms with Gasteiger partial charge in [-0.05, 0) is 74.0 Å². The third-order valence-corrected chi connectivity index (χ3v) is 9.28. The molecule has 6 aromatic rings. The highest BCUT2D eigenvalue weighted by Gasteiger charge is 2.28. The predicted molar refractivity (Wildman–Crippen MR) is 161 cm³/mol. The first-order chi connectivity index (χ1) is 18.7. The number of rotatable bonds is 5. The van der Waals surface area contributed by atoms with E-state index >= 15 is 0 Å². The third-order valence-electron chi connectivity index (χ3n) is 7.56. The number of hydrogen-bond donors (Lipinski definition) is 0. The van der Waals surface area contributed by atoms with Gasteiger partial charge in [-0.25, -0.2) is 12.4 Å². The van der Waals surface area contributed by atoms with Crippen molar-refractivity contribution >= 4 is 31.6 Å². The van der Waals surface area contributed by atoms with Crippen LogP contribution in [0.2, 0.25) is 0 Å². The Hall–Kier alpha value is -4.15. The Kier molecular flexibility index (Phi) is 6.16. The lowest BCUT2D eigenvalue weighted by Crippen LogP contribution is -2.18. The van der Waals surface area contributed by atoms with Gasteiger partial charge in [0.25, 0.3) is 10.0 Å². The maximum Gasteiger partial charge on any atom is 0.267 e. The van der Waals surface area contributed by atoms with Crippen LogP contribution in [0.1, 0.15) is 49.1 Å². The zero-order valence-electron chi connectivity index (χ0n) is 22.4. The van der Waals surface area contributed by atoms with E-state index in [2.05, 4.69) is 99.6 Å². The van der Waals surface area contributed by atoms with Crippen molar-refractivity contribution in [3.63, 3.8) is 0 Å². The van der Waals surface area contributed by atoms with Crippen molar-refractivity contribution in [3.05, 3.63) is 150 Å². The van der Waals surface area contributed by atoms with Crippen molar-refractivity contribution in [1.82, 2.24) is 3.97 Å². The van der Waals surface area contributed by atoms with Crippen LogP contribution in [-0.2, 0) is 15.4 Å². The summed E-state index contributed by atoms with van der Waals surface area (Å²) in [6, 6.07) is 40.1. The van der Waals surface area contributed by atoms with E-state index in [0.29, 0.717) is 5.69 Å². The SMILES string of the molecule is CC(C)(C)c1ccc(C(c2cc3ccccc3c3ccccc23)c2cccn2S(=O)(=O)c2ccccc2)cc1. The Morgan fingerprint density at radius 1 is 0.641 bits per heavy atom. The monoisotopic (exact) mass is 529 g/mol. The molecule has 0 N–H and O–H groups in total. The highest BCUT2D eigenvalue weighted by Crippen LogP contribution is 2.41. The zero-order valence-corrected chi connectivity index (χ0v) is 23.2. The maximum absolute atomic E-state index is 13.9. The van der Waals surface area contributed by atoms with Crippen molar-refractivity contribution < 1.29 is 8.42 Å². The number of benzene rings is 5. The quantitative estimate of drug-likeness (QED) is 0.210. The van der Waals surface area contributed by atoms with E-state index in [9.17, 15) is 8.42 Å². The summed E-state index contributed by atoms with van der Waals surface area (Å²) in [5, 5.41) is 4.59. The van der Waals surface area contributed by atoms with Crippen LogP contribution in [0.15, 0.2) is 132 Å². The first-order valence-corrected chi connectivity index (χ1v) is 14.7. The molecule has 0 aliphatic heterocycles. The average molecular weight is 530 g/mol. The largest absolute Gasteiger partial charge is 0.267 e. The van der Waals surface area contributed by atoms with E-state index in [1.54, 1.807) is 30.5 Å². The summed E-state index contributed by atoms with van der Waals surface area (Å²) in [6.07, 6.45) is 1.66. The highest BCUT2D eigenvalue weighted by atomic mass is 32.2. The van der Waals surface area contributed by atoms with Gasteiger partial charge < -0.3 is 0 Å². The molecule has 0 saturated carbocycles. The van der Waals surface area contributed by atoms with Gasteiger partial charge in [-0.2, -0.15) is 0 Å². The normalized spacial score (nSPS) is 13.1. The molecule has 1 atom stereocenters. The van der Waals surface area contributed by atoms with Gasteiger partial charge in [0, 0.05) is 11.9 Å². The van der Waals surface area contributed by atoms with Crippen LogP contribution >= 0.6 is 0 Å². The minimum atomic E-state index is -3.80. The van der Waals surface area contributed by atoms with Gasteiger partial charge in [0.1, 0.15) is 0 Å². The maximum atomic E-state index is 13.9. The van der Waals surface area contributed by atoms with Crippen LogP contribution in [0.4, 0.5) is 0 Å². The fourth-order valence-corrected chi connectivity index (χ4v) is 6.94. The molecule has 1 aromatic heterocycles. The van der Waals surface area contributed by atoms with Crippen LogP contribution in [0.25, 0.3) is 21.5 Å². The van der Waals surface area contributed by atoms with Crippen LogP contribution in [0.5, 0.6) is 0 Å². The standard InChI is InChI=1S/C35H31NO2S/c1-35(2,3)27-21-19-25(20-22-27)34(33-18-11-23-36(33)39(37,38)28-13-5-4-6-14-28)32-24-26-12-7-8-15-29(26)30-16-9-10-17-31(30)32/h4-24,34H,1-3H3. The molecule has 0 saturated heterocycles. The minimum absolute atomic E-state index is 0.0144. The van der Waals surface area contributed by atoms with Crippen LogP contribution in [0, 0.1) is 0 Å². The van der Waals surface area contributed by atoms with Gasteiger partial charge in [-0.1, -0.05) is 112 Å². The van der Waals surface area contributed by atoms with Crippen molar-refractivity contribution in [3.8, 4) is 0 Å². The smallest absolute Gasteiger partial charge is 0.245 e. The van der Waals surface area contributed by atoms with Crippen LogP contribution < -0.4 is 0 Å². The Morgan fingerprint density at radius 3 is 1.95 bits per heavy atom. The van der Waals surface area contributed by atoms with E-state index in [1.807, 2.05) is 18.2 Å². The fourth-order valence-electron chi connectivity index (χ4n) is 5.53. The Labute approximate surface area is 230 Å². The van der Waals surface area contributed by atoms with E-state index in [-0.39, 0.29) is 16.2 Å². The summed E-state index contributed by atoms with van der Waals surface area (Å²) in [5.41, 5.74) is 4.09. The molecule has 1 heterocycles. The van der Waals surface area contributed by atoms with Gasteiger partial charge in [0.2, 0.25) is 0 Å². The number of nitrogens with zero attached hydrogens (tertiary/aromatic N) is 1. The van der Waals surface area contributed by atoms with Gasteiger partial charge in [-0.3, -0.25) is 0 Å². The molecule has 0 aliphatic carbocycles. The highest BCUT2D eigenvalue weighted by molar-refractivity contribution is 7.90. The number of fused-ring (bicyclic) bond motifs is 3. The van der Waals surface area contributed by atoms with Crippen molar-refractivity contribution in [2.75, 3.05) is 0 Å². The average Bonchev–Trinajstić information content (AvgIpc) is 3.44. The summed E-state index contributed by atoms with van der Waals surface area (Å²) < 4.78 is 29.3. The molecule has 6 rings (SSSR count).